The Morgan fingerprint density at radius 2 is 1.76 bits per heavy atom. The average molecular weight is 242 g/mol. The third-order valence-electron chi connectivity index (χ3n) is 3.82. The van der Waals surface area contributed by atoms with Crippen molar-refractivity contribution in [1.29, 1.82) is 0 Å². The fourth-order valence-electron chi connectivity index (χ4n) is 2.20. The van der Waals surface area contributed by atoms with Crippen molar-refractivity contribution in [2.45, 2.75) is 45.1 Å². The average Bonchev–Trinajstić information content (AvgIpc) is 2.37. The van der Waals surface area contributed by atoms with E-state index in [4.69, 9.17) is 10.8 Å². The fraction of sp³-hybridized carbons (Fsp3) is 0.833. The minimum Gasteiger partial charge on any atom is -0.481 e. The molecule has 0 saturated carbocycles. The van der Waals surface area contributed by atoms with Gasteiger partial charge in [0.15, 0.2) is 0 Å². The van der Waals surface area contributed by atoms with Crippen LogP contribution in [0, 0.1) is 5.92 Å². The van der Waals surface area contributed by atoms with Gasteiger partial charge in [-0.2, -0.15) is 0 Å². The van der Waals surface area contributed by atoms with Crippen LogP contribution in [0.2, 0.25) is 0 Å². The number of nitrogens with zero attached hydrogens (tertiary/aromatic N) is 1. The summed E-state index contributed by atoms with van der Waals surface area (Å²) in [5.41, 5.74) is 5.28. The Labute approximate surface area is 102 Å². The molecule has 0 aromatic heterocycles. The Hall–Kier alpha value is -1.10. The van der Waals surface area contributed by atoms with Crippen molar-refractivity contribution >= 4 is 11.9 Å². The standard InChI is InChI=1S/C12H22N2O3/c1-3-12(13,4-2)11(17)14-7-5-9(6-8-14)10(15)16/h9H,3-8,13H2,1-2H3,(H,15,16). The minimum atomic E-state index is -0.782. The van der Waals surface area contributed by atoms with Crippen LogP contribution in [0.15, 0.2) is 0 Å². The van der Waals surface area contributed by atoms with Crippen molar-refractivity contribution in [3.05, 3.63) is 0 Å². The molecule has 1 rings (SSSR count). The third-order valence-corrected chi connectivity index (χ3v) is 3.82. The van der Waals surface area contributed by atoms with Gasteiger partial charge in [0.2, 0.25) is 5.91 Å². The summed E-state index contributed by atoms with van der Waals surface area (Å²) in [5.74, 6) is -1.11. The number of amides is 1. The number of piperidine rings is 1. The Bertz CT molecular complexity index is 292. The SMILES string of the molecule is CCC(N)(CC)C(=O)N1CCC(C(=O)O)CC1. The highest BCUT2D eigenvalue weighted by molar-refractivity contribution is 5.86. The van der Waals surface area contributed by atoms with Crippen LogP contribution in [-0.2, 0) is 9.59 Å². The maximum absolute atomic E-state index is 12.2. The van der Waals surface area contributed by atoms with E-state index in [2.05, 4.69) is 0 Å². The molecule has 0 spiro atoms. The summed E-state index contributed by atoms with van der Waals surface area (Å²) in [4.78, 5) is 24.7. The maximum atomic E-state index is 12.2. The van der Waals surface area contributed by atoms with Crippen molar-refractivity contribution in [2.75, 3.05) is 13.1 Å². The van der Waals surface area contributed by atoms with E-state index in [-0.39, 0.29) is 11.8 Å². The number of hydrogen-bond donors (Lipinski definition) is 2. The lowest BCUT2D eigenvalue weighted by molar-refractivity contribution is -0.147. The molecule has 1 saturated heterocycles. The summed E-state index contributed by atoms with van der Waals surface area (Å²) in [6.45, 7) is 4.83. The molecule has 1 heterocycles. The zero-order chi connectivity index (χ0) is 13.1. The van der Waals surface area contributed by atoms with Gasteiger partial charge in [-0.05, 0) is 25.7 Å². The monoisotopic (exact) mass is 242 g/mol. The Balaban J connectivity index is 2.60. The van der Waals surface area contributed by atoms with Crippen molar-refractivity contribution in [1.82, 2.24) is 4.90 Å². The van der Waals surface area contributed by atoms with Crippen molar-refractivity contribution in [3.63, 3.8) is 0 Å². The molecule has 1 aliphatic heterocycles. The zero-order valence-corrected chi connectivity index (χ0v) is 10.6. The number of carboxylic acid groups (broad SMARTS) is 1. The van der Waals surface area contributed by atoms with E-state index in [0.29, 0.717) is 38.8 Å². The molecule has 3 N–H and O–H groups in total. The summed E-state index contributed by atoms with van der Waals surface area (Å²) in [7, 11) is 0. The number of carbonyl (C=O) groups excluding carboxylic acids is 1. The van der Waals surface area contributed by atoms with Crippen LogP contribution < -0.4 is 5.73 Å². The highest BCUT2D eigenvalue weighted by atomic mass is 16.4. The molecule has 0 aromatic carbocycles. The first kappa shape index (κ1) is 14.0. The quantitative estimate of drug-likeness (QED) is 0.764. The summed E-state index contributed by atoms with van der Waals surface area (Å²) in [6, 6.07) is 0. The number of hydrogen-bond acceptors (Lipinski definition) is 3. The lowest BCUT2D eigenvalue weighted by Gasteiger charge is -2.36. The Kier molecular flexibility index (Phi) is 4.51. The van der Waals surface area contributed by atoms with Gasteiger partial charge in [0.1, 0.15) is 0 Å². The highest BCUT2D eigenvalue weighted by Crippen LogP contribution is 2.22. The Morgan fingerprint density at radius 1 is 1.29 bits per heavy atom. The molecule has 0 aromatic rings. The number of nitrogens with two attached hydrogens (primary N) is 1. The first-order chi connectivity index (χ1) is 7.94. The molecule has 0 radical (unpaired) electrons. The fourth-order valence-corrected chi connectivity index (χ4v) is 2.20. The van der Waals surface area contributed by atoms with Crippen LogP contribution in [0.4, 0.5) is 0 Å². The van der Waals surface area contributed by atoms with Crippen LogP contribution >= 0.6 is 0 Å². The summed E-state index contributed by atoms with van der Waals surface area (Å²) in [5, 5.41) is 8.89. The second kappa shape index (κ2) is 5.49. The topological polar surface area (TPSA) is 83.6 Å². The molecule has 1 fully saturated rings. The third kappa shape index (κ3) is 2.97. The van der Waals surface area contributed by atoms with Gasteiger partial charge in [-0.15, -0.1) is 0 Å². The molecule has 17 heavy (non-hydrogen) atoms. The van der Waals surface area contributed by atoms with E-state index in [0.717, 1.165) is 0 Å². The predicted molar refractivity (Wildman–Crippen MR) is 64.4 cm³/mol. The molecule has 1 aliphatic rings. The molecular weight excluding hydrogens is 220 g/mol. The van der Waals surface area contributed by atoms with Gasteiger partial charge in [0, 0.05) is 13.1 Å². The van der Waals surface area contributed by atoms with E-state index in [1.807, 2.05) is 13.8 Å². The van der Waals surface area contributed by atoms with Gasteiger partial charge in [0.25, 0.3) is 0 Å². The van der Waals surface area contributed by atoms with E-state index in [1.165, 1.54) is 0 Å². The van der Waals surface area contributed by atoms with Crippen LogP contribution in [0.1, 0.15) is 39.5 Å². The molecule has 0 unspecified atom stereocenters. The van der Waals surface area contributed by atoms with Crippen molar-refractivity contribution < 1.29 is 14.7 Å². The smallest absolute Gasteiger partial charge is 0.306 e. The van der Waals surface area contributed by atoms with Gasteiger partial charge in [-0.25, -0.2) is 0 Å². The number of carbonyl (C=O) groups is 2. The van der Waals surface area contributed by atoms with Gasteiger partial charge in [-0.3, -0.25) is 9.59 Å². The lowest BCUT2D eigenvalue weighted by atomic mass is 9.90. The second-order valence-corrected chi connectivity index (χ2v) is 4.77. The molecule has 0 aliphatic carbocycles. The number of carboxylic acids is 1. The van der Waals surface area contributed by atoms with Gasteiger partial charge in [-0.1, -0.05) is 13.8 Å². The largest absolute Gasteiger partial charge is 0.481 e. The lowest BCUT2D eigenvalue weighted by Crippen LogP contribution is -2.56. The first-order valence-corrected chi connectivity index (χ1v) is 6.25. The number of rotatable bonds is 4. The Morgan fingerprint density at radius 3 is 2.12 bits per heavy atom. The van der Waals surface area contributed by atoms with Crippen LogP contribution in [0.25, 0.3) is 0 Å². The molecule has 1 amide bonds. The maximum Gasteiger partial charge on any atom is 0.306 e. The summed E-state index contributed by atoms with van der Waals surface area (Å²) in [6.07, 6.45) is 2.29. The van der Waals surface area contributed by atoms with Crippen molar-refractivity contribution in [3.8, 4) is 0 Å². The van der Waals surface area contributed by atoms with Crippen molar-refractivity contribution in [2.24, 2.45) is 11.7 Å². The van der Waals surface area contributed by atoms with E-state index >= 15 is 0 Å². The van der Waals surface area contributed by atoms with Crippen LogP contribution in [-0.4, -0.2) is 40.5 Å². The van der Waals surface area contributed by atoms with E-state index < -0.39 is 11.5 Å². The number of likely N-dealkylation sites (tertiary alicyclic amines) is 1. The van der Waals surface area contributed by atoms with E-state index in [9.17, 15) is 9.59 Å². The normalized spacial score (nSPS) is 18.2. The molecule has 0 atom stereocenters. The first-order valence-electron chi connectivity index (χ1n) is 6.25. The van der Waals surface area contributed by atoms with Gasteiger partial charge in [0.05, 0.1) is 11.5 Å². The summed E-state index contributed by atoms with van der Waals surface area (Å²) >= 11 is 0. The minimum absolute atomic E-state index is 0.0358. The zero-order valence-electron chi connectivity index (χ0n) is 10.6. The molecule has 0 bridgehead atoms. The second-order valence-electron chi connectivity index (χ2n) is 4.77. The van der Waals surface area contributed by atoms with E-state index in [1.54, 1.807) is 4.90 Å². The van der Waals surface area contributed by atoms with Crippen LogP contribution in [0.5, 0.6) is 0 Å². The van der Waals surface area contributed by atoms with Crippen LogP contribution in [0.3, 0.4) is 0 Å². The molecule has 98 valence electrons. The molecular formula is C12H22N2O3. The molecule has 5 heteroatoms. The summed E-state index contributed by atoms with van der Waals surface area (Å²) < 4.78 is 0. The predicted octanol–water partition coefficient (Wildman–Crippen LogP) is 0.827. The van der Waals surface area contributed by atoms with Gasteiger partial charge >= 0.3 is 5.97 Å². The number of aliphatic carboxylic acids is 1. The highest BCUT2D eigenvalue weighted by Gasteiger charge is 2.36. The van der Waals surface area contributed by atoms with Gasteiger partial charge < -0.3 is 15.7 Å². The molecule has 5 nitrogen and oxygen atoms in total.